The molecule has 0 aliphatic carbocycles. The number of carbonyl (C=O) groups excluding carboxylic acids is 2. The van der Waals surface area contributed by atoms with Crippen LogP contribution in [-0.2, 0) is 11.3 Å². The summed E-state index contributed by atoms with van der Waals surface area (Å²) >= 11 is 0. The van der Waals surface area contributed by atoms with E-state index in [1.165, 1.54) is 18.6 Å². The van der Waals surface area contributed by atoms with Gasteiger partial charge in [-0.2, -0.15) is 0 Å². The van der Waals surface area contributed by atoms with Crippen LogP contribution >= 0.6 is 0 Å². The topological polar surface area (TPSA) is 73.5 Å². The first-order valence-corrected chi connectivity index (χ1v) is 9.88. The minimum atomic E-state index is -0.514. The summed E-state index contributed by atoms with van der Waals surface area (Å²) in [7, 11) is 0. The zero-order valence-electron chi connectivity index (χ0n) is 15.8. The summed E-state index contributed by atoms with van der Waals surface area (Å²) in [6.45, 7) is 3.75. The van der Waals surface area contributed by atoms with Crippen molar-refractivity contribution in [1.29, 1.82) is 0 Å². The SMILES string of the molecule is CCCC(NC(=O)NCc1ccc(F)cc1)C(=O)N1CCC2CCC(C1)N2. The molecule has 0 saturated carbocycles. The van der Waals surface area contributed by atoms with E-state index in [4.69, 9.17) is 0 Å². The number of fused-ring (bicyclic) bond motifs is 2. The molecule has 6 nitrogen and oxygen atoms in total. The first-order chi connectivity index (χ1) is 13.0. The fourth-order valence-electron chi connectivity index (χ4n) is 3.90. The normalized spacial score (nSPS) is 22.8. The number of likely N-dealkylation sites (tertiary alicyclic amines) is 1. The highest BCUT2D eigenvalue weighted by Crippen LogP contribution is 2.21. The molecule has 2 fully saturated rings. The number of halogens is 1. The van der Waals surface area contributed by atoms with Gasteiger partial charge >= 0.3 is 6.03 Å². The molecule has 2 saturated heterocycles. The Labute approximate surface area is 159 Å². The minimum Gasteiger partial charge on any atom is -0.339 e. The molecule has 2 heterocycles. The van der Waals surface area contributed by atoms with Crippen LogP contribution in [0.4, 0.5) is 9.18 Å². The maximum absolute atomic E-state index is 13.0. The summed E-state index contributed by atoms with van der Waals surface area (Å²) in [5.74, 6) is -0.305. The third kappa shape index (κ3) is 5.42. The monoisotopic (exact) mass is 376 g/mol. The van der Waals surface area contributed by atoms with Gasteiger partial charge < -0.3 is 20.9 Å². The van der Waals surface area contributed by atoms with Crippen molar-refractivity contribution in [2.24, 2.45) is 0 Å². The summed E-state index contributed by atoms with van der Waals surface area (Å²) in [6.07, 6.45) is 4.69. The van der Waals surface area contributed by atoms with E-state index in [0.717, 1.165) is 31.4 Å². The van der Waals surface area contributed by atoms with Gasteiger partial charge in [0.05, 0.1) is 0 Å². The van der Waals surface area contributed by atoms with Gasteiger partial charge in [0.15, 0.2) is 0 Å². The third-order valence-electron chi connectivity index (χ3n) is 5.38. The Morgan fingerprint density at radius 1 is 1.22 bits per heavy atom. The molecule has 1 aromatic carbocycles. The summed E-state index contributed by atoms with van der Waals surface area (Å²) in [4.78, 5) is 27.2. The Kier molecular flexibility index (Phi) is 6.66. The van der Waals surface area contributed by atoms with Crippen molar-refractivity contribution >= 4 is 11.9 Å². The molecule has 3 amide bonds. The molecule has 1 aromatic rings. The van der Waals surface area contributed by atoms with Gasteiger partial charge in [-0.3, -0.25) is 4.79 Å². The van der Waals surface area contributed by atoms with Crippen LogP contribution in [0, 0.1) is 5.82 Å². The van der Waals surface area contributed by atoms with Crippen molar-refractivity contribution in [2.45, 2.75) is 63.7 Å². The summed E-state index contributed by atoms with van der Waals surface area (Å²) in [5, 5.41) is 9.15. The van der Waals surface area contributed by atoms with Crippen molar-refractivity contribution in [2.75, 3.05) is 13.1 Å². The smallest absolute Gasteiger partial charge is 0.315 e. The van der Waals surface area contributed by atoms with E-state index >= 15 is 0 Å². The summed E-state index contributed by atoms with van der Waals surface area (Å²) < 4.78 is 12.9. The summed E-state index contributed by atoms with van der Waals surface area (Å²) in [5.41, 5.74) is 0.805. The van der Waals surface area contributed by atoms with Crippen LogP contribution in [0.25, 0.3) is 0 Å². The van der Waals surface area contributed by atoms with E-state index in [0.29, 0.717) is 25.0 Å². The largest absolute Gasteiger partial charge is 0.339 e. The molecular formula is C20H29FN4O2. The van der Waals surface area contributed by atoms with E-state index in [2.05, 4.69) is 16.0 Å². The van der Waals surface area contributed by atoms with Crippen LogP contribution in [0.3, 0.4) is 0 Å². The Bertz CT molecular complexity index is 652. The average molecular weight is 376 g/mol. The lowest BCUT2D eigenvalue weighted by Crippen LogP contribution is -2.52. The average Bonchev–Trinajstić information content (AvgIpc) is 2.99. The van der Waals surface area contributed by atoms with Gasteiger partial charge in [0.1, 0.15) is 11.9 Å². The third-order valence-corrected chi connectivity index (χ3v) is 5.38. The Balaban J connectivity index is 1.53. The van der Waals surface area contributed by atoms with Gasteiger partial charge in [-0.15, -0.1) is 0 Å². The van der Waals surface area contributed by atoms with Crippen LogP contribution in [0.5, 0.6) is 0 Å². The lowest BCUT2D eigenvalue weighted by molar-refractivity contribution is -0.133. The first kappa shape index (κ1) is 19.6. The molecule has 27 heavy (non-hydrogen) atoms. The number of amides is 3. The second-order valence-corrected chi connectivity index (χ2v) is 7.51. The summed E-state index contributed by atoms with van der Waals surface area (Å²) in [6, 6.07) is 5.98. The van der Waals surface area contributed by atoms with Crippen molar-refractivity contribution in [1.82, 2.24) is 20.9 Å². The zero-order chi connectivity index (χ0) is 19.2. The minimum absolute atomic E-state index is 0.00290. The molecule has 2 aliphatic rings. The van der Waals surface area contributed by atoms with Crippen molar-refractivity contribution in [3.63, 3.8) is 0 Å². The van der Waals surface area contributed by atoms with Crippen LogP contribution in [0.1, 0.15) is 44.6 Å². The van der Waals surface area contributed by atoms with Crippen LogP contribution < -0.4 is 16.0 Å². The molecule has 0 aromatic heterocycles. The molecule has 7 heteroatoms. The van der Waals surface area contributed by atoms with Crippen LogP contribution in [0.2, 0.25) is 0 Å². The van der Waals surface area contributed by atoms with Gasteiger partial charge in [-0.1, -0.05) is 25.5 Å². The number of nitrogens with zero attached hydrogens (tertiary/aromatic N) is 1. The number of urea groups is 1. The standard InChI is InChI=1S/C20H29FN4O2/c1-2-3-18(19(26)25-11-10-16-8-9-17(13-25)23-16)24-20(27)22-12-14-4-6-15(21)7-5-14/h4-7,16-18,23H,2-3,8-13H2,1H3,(H2,22,24,27). The second kappa shape index (κ2) is 9.17. The first-order valence-electron chi connectivity index (χ1n) is 9.88. The fourth-order valence-corrected chi connectivity index (χ4v) is 3.90. The number of nitrogens with one attached hydrogen (secondary N) is 3. The maximum atomic E-state index is 13.0. The lowest BCUT2D eigenvalue weighted by atomic mass is 10.1. The van der Waals surface area contributed by atoms with Gasteiger partial charge in [0.25, 0.3) is 0 Å². The predicted molar refractivity (Wildman–Crippen MR) is 102 cm³/mol. The van der Waals surface area contributed by atoms with Crippen molar-refractivity contribution < 1.29 is 14.0 Å². The molecule has 0 radical (unpaired) electrons. The van der Waals surface area contributed by atoms with E-state index < -0.39 is 6.04 Å². The van der Waals surface area contributed by atoms with Gasteiger partial charge in [0, 0.05) is 31.7 Å². The Morgan fingerprint density at radius 2 is 1.96 bits per heavy atom. The highest BCUT2D eigenvalue weighted by molar-refractivity contribution is 5.87. The molecule has 2 aliphatic heterocycles. The Morgan fingerprint density at radius 3 is 2.70 bits per heavy atom. The van der Waals surface area contributed by atoms with Gasteiger partial charge in [-0.25, -0.2) is 9.18 Å². The fraction of sp³-hybridized carbons (Fsp3) is 0.600. The van der Waals surface area contributed by atoms with E-state index in [-0.39, 0.29) is 24.3 Å². The zero-order valence-corrected chi connectivity index (χ0v) is 15.8. The quantitative estimate of drug-likeness (QED) is 0.712. The van der Waals surface area contributed by atoms with E-state index in [1.54, 1.807) is 12.1 Å². The lowest BCUT2D eigenvalue weighted by Gasteiger charge is -2.29. The molecule has 3 unspecified atom stereocenters. The highest BCUT2D eigenvalue weighted by atomic mass is 19.1. The molecule has 3 N–H and O–H groups in total. The highest BCUT2D eigenvalue weighted by Gasteiger charge is 2.33. The molecular weight excluding hydrogens is 347 g/mol. The van der Waals surface area contributed by atoms with Gasteiger partial charge in [-0.05, 0) is 43.4 Å². The maximum Gasteiger partial charge on any atom is 0.315 e. The van der Waals surface area contributed by atoms with E-state index in [9.17, 15) is 14.0 Å². The second-order valence-electron chi connectivity index (χ2n) is 7.51. The Hall–Kier alpha value is -2.15. The molecule has 0 spiro atoms. The molecule has 148 valence electrons. The van der Waals surface area contributed by atoms with Gasteiger partial charge in [0.2, 0.25) is 5.91 Å². The number of rotatable bonds is 6. The predicted octanol–water partition coefficient (Wildman–Crippen LogP) is 2.15. The molecule has 2 bridgehead atoms. The molecule has 3 rings (SSSR count). The number of benzene rings is 1. The number of carbonyl (C=O) groups is 2. The van der Waals surface area contributed by atoms with Crippen molar-refractivity contribution in [3.05, 3.63) is 35.6 Å². The van der Waals surface area contributed by atoms with Crippen LogP contribution in [0.15, 0.2) is 24.3 Å². The van der Waals surface area contributed by atoms with Crippen molar-refractivity contribution in [3.8, 4) is 0 Å². The number of hydrogen-bond donors (Lipinski definition) is 3. The van der Waals surface area contributed by atoms with Crippen LogP contribution in [-0.4, -0.2) is 48.1 Å². The van der Waals surface area contributed by atoms with E-state index in [1.807, 2.05) is 11.8 Å². The number of hydrogen-bond acceptors (Lipinski definition) is 3. The molecule has 3 atom stereocenters.